The lowest BCUT2D eigenvalue weighted by atomic mass is 9.83. The zero-order valence-electron chi connectivity index (χ0n) is 19.1. The first-order valence-electron chi connectivity index (χ1n) is 10.9. The van der Waals surface area contributed by atoms with Gasteiger partial charge in [-0.3, -0.25) is 4.90 Å². The van der Waals surface area contributed by atoms with Crippen LogP contribution in [0.2, 0.25) is 0 Å². The maximum atomic E-state index is 12.6. The lowest BCUT2D eigenvalue weighted by Crippen LogP contribution is -2.46. The lowest BCUT2D eigenvalue weighted by molar-refractivity contribution is -0.139. The van der Waals surface area contributed by atoms with Crippen LogP contribution in [0.3, 0.4) is 0 Å². The standard InChI is InChI=1S/C24H31N3O5/c1-5-29-24(28)21-17(4)32-23(26)20(12-25)22(21)18-6-8-19(9-7-18)30-11-10-27-13-15(2)31-16(3)14-27/h6-9,15-16,22H,5,10-11,13-14,26H2,1-4H3. The molecule has 2 N–H and O–H groups in total. The van der Waals surface area contributed by atoms with Crippen LogP contribution in [0, 0.1) is 11.3 Å². The van der Waals surface area contributed by atoms with Gasteiger partial charge in [-0.15, -0.1) is 0 Å². The van der Waals surface area contributed by atoms with Crippen molar-refractivity contribution in [1.29, 1.82) is 5.26 Å². The van der Waals surface area contributed by atoms with Crippen molar-refractivity contribution in [3.8, 4) is 11.8 Å². The molecule has 2 aliphatic heterocycles. The molecular formula is C24H31N3O5. The predicted molar refractivity (Wildman–Crippen MR) is 118 cm³/mol. The molecule has 1 aromatic carbocycles. The summed E-state index contributed by atoms with van der Waals surface area (Å²) in [6, 6.07) is 9.42. The summed E-state index contributed by atoms with van der Waals surface area (Å²) in [6.45, 7) is 10.9. The van der Waals surface area contributed by atoms with Crippen molar-refractivity contribution in [3.63, 3.8) is 0 Å². The Balaban J connectivity index is 1.72. The summed E-state index contributed by atoms with van der Waals surface area (Å²) < 4.78 is 22.3. The average molecular weight is 442 g/mol. The molecule has 2 aliphatic rings. The third kappa shape index (κ3) is 5.42. The second kappa shape index (κ2) is 10.5. The number of morpholine rings is 1. The van der Waals surface area contributed by atoms with Crippen LogP contribution in [0.15, 0.2) is 47.1 Å². The van der Waals surface area contributed by atoms with Crippen molar-refractivity contribution < 1.29 is 23.7 Å². The summed E-state index contributed by atoms with van der Waals surface area (Å²) in [4.78, 5) is 14.9. The average Bonchev–Trinajstić information content (AvgIpc) is 2.73. The van der Waals surface area contributed by atoms with E-state index in [2.05, 4.69) is 24.8 Å². The number of hydrogen-bond donors (Lipinski definition) is 1. The number of hydrogen-bond acceptors (Lipinski definition) is 8. The molecule has 3 rings (SSSR count). The number of carbonyl (C=O) groups excluding carboxylic acids is 1. The van der Waals surface area contributed by atoms with Gasteiger partial charge in [0.05, 0.1) is 30.3 Å². The smallest absolute Gasteiger partial charge is 0.338 e. The number of benzene rings is 1. The van der Waals surface area contributed by atoms with Gasteiger partial charge in [0.15, 0.2) is 0 Å². The van der Waals surface area contributed by atoms with E-state index in [1.165, 1.54) is 0 Å². The second-order valence-electron chi connectivity index (χ2n) is 8.05. The normalized spacial score (nSPS) is 24.0. The number of rotatable bonds is 7. The molecule has 1 saturated heterocycles. The fourth-order valence-electron chi connectivity index (χ4n) is 4.20. The zero-order valence-corrected chi connectivity index (χ0v) is 19.1. The molecule has 8 heteroatoms. The van der Waals surface area contributed by atoms with E-state index in [1.807, 2.05) is 24.3 Å². The molecule has 3 unspecified atom stereocenters. The van der Waals surface area contributed by atoms with Crippen molar-refractivity contribution in [2.24, 2.45) is 5.73 Å². The molecule has 1 fully saturated rings. The van der Waals surface area contributed by atoms with Crippen molar-refractivity contribution in [2.75, 3.05) is 32.8 Å². The first-order chi connectivity index (χ1) is 15.3. The molecule has 8 nitrogen and oxygen atoms in total. The van der Waals surface area contributed by atoms with Crippen LogP contribution in [0.1, 0.15) is 39.2 Å². The van der Waals surface area contributed by atoms with E-state index in [-0.39, 0.29) is 35.8 Å². The summed E-state index contributed by atoms with van der Waals surface area (Å²) in [5.41, 5.74) is 7.14. The Morgan fingerprint density at radius 2 is 1.91 bits per heavy atom. The molecule has 0 aliphatic carbocycles. The van der Waals surface area contributed by atoms with Crippen molar-refractivity contribution in [2.45, 2.75) is 45.8 Å². The van der Waals surface area contributed by atoms with E-state index in [0.29, 0.717) is 18.1 Å². The zero-order chi connectivity index (χ0) is 23.3. The number of allylic oxidation sites excluding steroid dienone is 2. The minimum absolute atomic E-state index is 0.00246. The first-order valence-corrected chi connectivity index (χ1v) is 10.9. The number of nitrogens with two attached hydrogens (primary N) is 1. The Morgan fingerprint density at radius 1 is 1.25 bits per heavy atom. The van der Waals surface area contributed by atoms with Gasteiger partial charge in [-0.1, -0.05) is 12.1 Å². The fourth-order valence-corrected chi connectivity index (χ4v) is 4.20. The van der Waals surface area contributed by atoms with Gasteiger partial charge in [-0.05, 0) is 45.4 Å². The van der Waals surface area contributed by atoms with Crippen LogP contribution < -0.4 is 10.5 Å². The predicted octanol–water partition coefficient (Wildman–Crippen LogP) is 2.82. The summed E-state index contributed by atoms with van der Waals surface area (Å²) in [7, 11) is 0. The van der Waals surface area contributed by atoms with Gasteiger partial charge in [-0.2, -0.15) is 5.26 Å². The molecule has 32 heavy (non-hydrogen) atoms. The Morgan fingerprint density at radius 3 is 2.50 bits per heavy atom. The number of nitriles is 1. The van der Waals surface area contributed by atoms with Crippen molar-refractivity contribution in [1.82, 2.24) is 4.90 Å². The van der Waals surface area contributed by atoms with Gasteiger partial charge in [-0.25, -0.2) is 4.79 Å². The maximum Gasteiger partial charge on any atom is 0.338 e. The lowest BCUT2D eigenvalue weighted by Gasteiger charge is -2.35. The number of nitrogens with zero attached hydrogens (tertiary/aromatic N) is 2. The van der Waals surface area contributed by atoms with Gasteiger partial charge in [0, 0.05) is 19.6 Å². The van der Waals surface area contributed by atoms with Crippen LogP contribution in [-0.4, -0.2) is 55.9 Å². The Kier molecular flexibility index (Phi) is 7.78. The van der Waals surface area contributed by atoms with E-state index in [1.54, 1.807) is 13.8 Å². The molecule has 2 heterocycles. The molecule has 0 spiro atoms. The third-order valence-corrected chi connectivity index (χ3v) is 5.49. The second-order valence-corrected chi connectivity index (χ2v) is 8.05. The third-order valence-electron chi connectivity index (χ3n) is 5.49. The number of ether oxygens (including phenoxy) is 4. The van der Waals surface area contributed by atoms with Gasteiger partial charge in [0.25, 0.3) is 0 Å². The minimum Gasteiger partial charge on any atom is -0.492 e. The van der Waals surface area contributed by atoms with Gasteiger partial charge >= 0.3 is 5.97 Å². The van der Waals surface area contributed by atoms with Crippen LogP contribution >= 0.6 is 0 Å². The highest BCUT2D eigenvalue weighted by molar-refractivity contribution is 5.92. The van der Waals surface area contributed by atoms with Crippen molar-refractivity contribution >= 4 is 5.97 Å². The minimum atomic E-state index is -0.654. The molecule has 0 radical (unpaired) electrons. The molecule has 0 saturated carbocycles. The van der Waals surface area contributed by atoms with E-state index in [4.69, 9.17) is 24.7 Å². The summed E-state index contributed by atoms with van der Waals surface area (Å²) in [5.74, 6) is -0.136. The maximum absolute atomic E-state index is 12.6. The van der Waals surface area contributed by atoms with Crippen LogP contribution in [-0.2, 0) is 19.0 Å². The molecule has 3 atom stereocenters. The topological polar surface area (TPSA) is 107 Å². The first kappa shape index (κ1) is 23.6. The molecule has 0 amide bonds. The Bertz CT molecular complexity index is 922. The Labute approximate surface area is 189 Å². The molecule has 1 aromatic rings. The SMILES string of the molecule is CCOC(=O)C1=C(C)OC(N)=C(C#N)C1c1ccc(OCCN2CC(C)OC(C)C2)cc1. The monoisotopic (exact) mass is 441 g/mol. The van der Waals surface area contributed by atoms with Gasteiger partial charge in [0.2, 0.25) is 5.88 Å². The van der Waals surface area contributed by atoms with E-state index >= 15 is 0 Å². The highest BCUT2D eigenvalue weighted by Gasteiger charge is 2.36. The van der Waals surface area contributed by atoms with Crippen LogP contribution in [0.25, 0.3) is 0 Å². The summed E-state index contributed by atoms with van der Waals surface area (Å²) in [5, 5.41) is 9.66. The highest BCUT2D eigenvalue weighted by Crippen LogP contribution is 2.39. The van der Waals surface area contributed by atoms with E-state index in [9.17, 15) is 10.1 Å². The van der Waals surface area contributed by atoms with Crippen molar-refractivity contribution in [3.05, 3.63) is 52.6 Å². The largest absolute Gasteiger partial charge is 0.492 e. The molecular weight excluding hydrogens is 410 g/mol. The molecule has 0 aromatic heterocycles. The van der Waals surface area contributed by atoms with E-state index < -0.39 is 11.9 Å². The number of esters is 1. The quantitative estimate of drug-likeness (QED) is 0.644. The highest BCUT2D eigenvalue weighted by atomic mass is 16.5. The fraction of sp³-hybridized carbons (Fsp3) is 0.500. The molecule has 0 bridgehead atoms. The summed E-state index contributed by atoms with van der Waals surface area (Å²) >= 11 is 0. The Hall–Kier alpha value is -3.02. The number of carbonyl (C=O) groups is 1. The molecule has 172 valence electrons. The van der Waals surface area contributed by atoms with E-state index in [0.717, 1.165) is 25.2 Å². The van der Waals surface area contributed by atoms with Crippen LogP contribution in [0.4, 0.5) is 0 Å². The van der Waals surface area contributed by atoms with Crippen LogP contribution in [0.5, 0.6) is 5.75 Å². The van der Waals surface area contributed by atoms with Gasteiger partial charge in [0.1, 0.15) is 29.8 Å². The van der Waals surface area contributed by atoms with Gasteiger partial charge < -0.3 is 24.7 Å². The summed E-state index contributed by atoms with van der Waals surface area (Å²) in [6.07, 6.45) is 0.440.